The first-order chi connectivity index (χ1) is 7.17. The third-order valence-corrected chi connectivity index (χ3v) is 4.20. The van der Waals surface area contributed by atoms with Crippen LogP contribution in [0.15, 0.2) is 21.2 Å². The zero-order chi connectivity index (χ0) is 10.9. The Hall–Kier alpha value is -0.280. The van der Waals surface area contributed by atoms with Crippen molar-refractivity contribution in [3.8, 4) is 0 Å². The van der Waals surface area contributed by atoms with E-state index in [1.165, 1.54) is 25.7 Å². The second kappa shape index (κ2) is 4.30. The van der Waals surface area contributed by atoms with E-state index in [2.05, 4.69) is 35.1 Å². The first-order valence-corrected chi connectivity index (χ1v) is 6.47. The van der Waals surface area contributed by atoms with Crippen LogP contribution in [0.3, 0.4) is 0 Å². The molecule has 84 valence electrons. The molecule has 1 aliphatic carbocycles. The smallest absolute Gasteiger partial charge is 0.134 e. The summed E-state index contributed by atoms with van der Waals surface area (Å²) in [5.41, 5.74) is 0.367. The predicted molar refractivity (Wildman–Crippen MR) is 64.8 cm³/mol. The van der Waals surface area contributed by atoms with Crippen molar-refractivity contribution in [3.63, 3.8) is 0 Å². The summed E-state index contributed by atoms with van der Waals surface area (Å²) in [5.74, 6) is 1.01. The van der Waals surface area contributed by atoms with Gasteiger partial charge in [0, 0.05) is 5.54 Å². The molecule has 1 aliphatic rings. The highest BCUT2D eigenvalue weighted by atomic mass is 79.9. The summed E-state index contributed by atoms with van der Waals surface area (Å²) in [6, 6.07) is 2.24. The van der Waals surface area contributed by atoms with Crippen molar-refractivity contribution in [1.82, 2.24) is 5.32 Å². The molecular weight excluding hydrogens is 254 g/mol. The Morgan fingerprint density at radius 1 is 1.60 bits per heavy atom. The molecule has 2 rings (SSSR count). The Kier molecular flexibility index (Phi) is 3.21. The van der Waals surface area contributed by atoms with Gasteiger partial charge in [-0.2, -0.15) is 0 Å². The molecule has 1 N–H and O–H groups in total. The molecule has 0 saturated heterocycles. The lowest BCUT2D eigenvalue weighted by molar-refractivity contribution is 0.153. The maximum Gasteiger partial charge on any atom is 0.134 e. The normalized spacial score (nSPS) is 21.0. The highest BCUT2D eigenvalue weighted by molar-refractivity contribution is 9.10. The molecule has 1 aromatic heterocycles. The lowest BCUT2D eigenvalue weighted by Crippen LogP contribution is -2.51. The highest BCUT2D eigenvalue weighted by Crippen LogP contribution is 2.37. The molecule has 2 nitrogen and oxygen atoms in total. The van der Waals surface area contributed by atoms with Gasteiger partial charge in [-0.1, -0.05) is 6.92 Å². The van der Waals surface area contributed by atoms with Crippen LogP contribution in [0.5, 0.6) is 0 Å². The lowest BCUT2D eigenvalue weighted by Gasteiger charge is -2.44. The third-order valence-electron chi connectivity index (χ3n) is 3.55. The van der Waals surface area contributed by atoms with Gasteiger partial charge in [0.15, 0.2) is 0 Å². The number of nitrogens with one attached hydrogen (secondary N) is 1. The van der Waals surface area contributed by atoms with E-state index in [1.54, 1.807) is 6.26 Å². The second-order valence-electron chi connectivity index (χ2n) is 4.49. The van der Waals surface area contributed by atoms with Crippen LogP contribution in [-0.4, -0.2) is 5.54 Å². The minimum Gasteiger partial charge on any atom is -0.466 e. The van der Waals surface area contributed by atoms with Gasteiger partial charge in [-0.05, 0) is 54.6 Å². The fourth-order valence-electron chi connectivity index (χ4n) is 2.34. The van der Waals surface area contributed by atoms with Crippen LogP contribution in [0.1, 0.15) is 51.3 Å². The van der Waals surface area contributed by atoms with E-state index < -0.39 is 0 Å². The van der Waals surface area contributed by atoms with Crippen LogP contribution in [0.4, 0.5) is 0 Å². The maximum absolute atomic E-state index is 5.48. The van der Waals surface area contributed by atoms with Crippen molar-refractivity contribution in [2.45, 2.75) is 51.1 Å². The van der Waals surface area contributed by atoms with Crippen molar-refractivity contribution in [2.75, 3.05) is 0 Å². The molecule has 0 amide bonds. The predicted octanol–water partition coefficient (Wildman–Crippen LogP) is 4.03. The van der Waals surface area contributed by atoms with Gasteiger partial charge >= 0.3 is 0 Å². The number of hydrogen-bond acceptors (Lipinski definition) is 2. The minimum absolute atomic E-state index is 0.287. The molecule has 1 unspecified atom stereocenters. The Bertz CT molecular complexity index is 325. The van der Waals surface area contributed by atoms with Crippen molar-refractivity contribution in [1.29, 1.82) is 0 Å². The van der Waals surface area contributed by atoms with Crippen molar-refractivity contribution in [3.05, 3.63) is 22.6 Å². The van der Waals surface area contributed by atoms with Crippen molar-refractivity contribution >= 4 is 15.9 Å². The summed E-state index contributed by atoms with van der Waals surface area (Å²) in [5, 5.41) is 3.70. The summed E-state index contributed by atoms with van der Waals surface area (Å²) in [6.07, 6.45) is 6.89. The van der Waals surface area contributed by atoms with Crippen LogP contribution in [0, 0.1) is 0 Å². The molecule has 0 aromatic carbocycles. The van der Waals surface area contributed by atoms with E-state index in [0.29, 0.717) is 5.54 Å². The third kappa shape index (κ3) is 2.13. The molecule has 1 saturated carbocycles. The fraction of sp³-hybridized carbons (Fsp3) is 0.667. The summed E-state index contributed by atoms with van der Waals surface area (Å²) in [4.78, 5) is 0. The SMILES string of the molecule is CCC1(NC(C)c2occc2Br)CCC1. The Morgan fingerprint density at radius 2 is 2.33 bits per heavy atom. The maximum atomic E-state index is 5.48. The number of halogens is 1. The molecule has 1 aromatic rings. The van der Waals surface area contributed by atoms with Crippen LogP contribution >= 0.6 is 15.9 Å². The minimum atomic E-state index is 0.287. The van der Waals surface area contributed by atoms with Gasteiger partial charge in [-0.25, -0.2) is 0 Å². The summed E-state index contributed by atoms with van der Waals surface area (Å²) in [7, 11) is 0. The molecule has 15 heavy (non-hydrogen) atoms. The molecule has 0 spiro atoms. The molecule has 1 atom stereocenters. The van der Waals surface area contributed by atoms with E-state index in [9.17, 15) is 0 Å². The molecule has 0 radical (unpaired) electrons. The average molecular weight is 272 g/mol. The molecule has 0 bridgehead atoms. The van der Waals surface area contributed by atoms with Gasteiger partial charge in [0.05, 0.1) is 16.8 Å². The van der Waals surface area contributed by atoms with Crippen molar-refractivity contribution in [2.24, 2.45) is 0 Å². The van der Waals surface area contributed by atoms with Gasteiger partial charge in [-0.3, -0.25) is 0 Å². The van der Waals surface area contributed by atoms with E-state index in [1.807, 2.05) is 6.07 Å². The topological polar surface area (TPSA) is 25.2 Å². The fourth-order valence-corrected chi connectivity index (χ4v) is 2.89. The quantitative estimate of drug-likeness (QED) is 0.895. The summed E-state index contributed by atoms with van der Waals surface area (Å²) >= 11 is 3.50. The van der Waals surface area contributed by atoms with E-state index >= 15 is 0 Å². The zero-order valence-corrected chi connectivity index (χ0v) is 10.9. The van der Waals surface area contributed by atoms with Gasteiger partial charge in [0.25, 0.3) is 0 Å². The Morgan fingerprint density at radius 3 is 2.73 bits per heavy atom. The number of rotatable bonds is 4. The van der Waals surface area contributed by atoms with E-state index in [-0.39, 0.29) is 6.04 Å². The van der Waals surface area contributed by atoms with Crippen LogP contribution in [-0.2, 0) is 0 Å². The zero-order valence-electron chi connectivity index (χ0n) is 9.35. The van der Waals surface area contributed by atoms with Gasteiger partial charge in [0.2, 0.25) is 0 Å². The van der Waals surface area contributed by atoms with Crippen LogP contribution in [0.25, 0.3) is 0 Å². The first-order valence-electron chi connectivity index (χ1n) is 5.67. The monoisotopic (exact) mass is 271 g/mol. The summed E-state index contributed by atoms with van der Waals surface area (Å²) < 4.78 is 6.54. The second-order valence-corrected chi connectivity index (χ2v) is 5.34. The van der Waals surface area contributed by atoms with E-state index in [0.717, 1.165) is 10.2 Å². The van der Waals surface area contributed by atoms with Gasteiger partial charge in [0.1, 0.15) is 5.76 Å². The molecule has 1 heterocycles. The Labute approximate surface area is 99.6 Å². The van der Waals surface area contributed by atoms with Gasteiger partial charge < -0.3 is 9.73 Å². The standard InChI is InChI=1S/C12H18BrNO/c1-3-12(6-4-7-12)14-9(2)11-10(13)5-8-15-11/h5,8-9,14H,3-4,6-7H2,1-2H3. The van der Waals surface area contributed by atoms with Crippen LogP contribution in [0.2, 0.25) is 0 Å². The number of hydrogen-bond donors (Lipinski definition) is 1. The largest absolute Gasteiger partial charge is 0.466 e. The highest BCUT2D eigenvalue weighted by Gasteiger charge is 2.36. The van der Waals surface area contributed by atoms with Crippen molar-refractivity contribution < 1.29 is 4.42 Å². The van der Waals surface area contributed by atoms with E-state index in [4.69, 9.17) is 4.42 Å². The molecule has 3 heteroatoms. The molecular formula is C12H18BrNO. The number of furan rings is 1. The molecule has 1 fully saturated rings. The summed E-state index contributed by atoms with van der Waals surface area (Å²) in [6.45, 7) is 4.43. The van der Waals surface area contributed by atoms with Crippen LogP contribution < -0.4 is 5.32 Å². The average Bonchev–Trinajstić information content (AvgIpc) is 2.58. The lowest BCUT2D eigenvalue weighted by atomic mass is 9.74. The molecule has 0 aliphatic heterocycles. The van der Waals surface area contributed by atoms with Gasteiger partial charge in [-0.15, -0.1) is 0 Å². The Balaban J connectivity index is 2.03. The first kappa shape index (κ1) is 11.2.